The van der Waals surface area contributed by atoms with Crippen LogP contribution >= 0.6 is 11.6 Å². The third kappa shape index (κ3) is 1.94. The average molecular weight is 295 g/mol. The Kier molecular flexibility index (Phi) is 2.62. The zero-order valence-electron chi connectivity index (χ0n) is 11.0. The summed E-state index contributed by atoms with van der Waals surface area (Å²) in [7, 11) is 0. The van der Waals surface area contributed by atoms with E-state index in [0.717, 1.165) is 27.4 Å². The smallest absolute Gasteiger partial charge is 0.228 e. The van der Waals surface area contributed by atoms with Crippen molar-refractivity contribution in [3.63, 3.8) is 0 Å². The van der Waals surface area contributed by atoms with E-state index in [1.807, 2.05) is 36.4 Å². The third-order valence-corrected chi connectivity index (χ3v) is 3.82. The molecule has 102 valence electrons. The lowest BCUT2D eigenvalue weighted by Gasteiger charge is -2.00. The van der Waals surface area contributed by atoms with Crippen molar-refractivity contribution in [2.75, 3.05) is 5.73 Å². The number of aromatic nitrogens is 1. The Bertz CT molecular complexity index is 975. The summed E-state index contributed by atoms with van der Waals surface area (Å²) >= 11 is 6.23. The van der Waals surface area contributed by atoms with Gasteiger partial charge in [0.15, 0.2) is 5.58 Å². The van der Waals surface area contributed by atoms with Crippen molar-refractivity contribution in [1.29, 1.82) is 0 Å². The summed E-state index contributed by atoms with van der Waals surface area (Å²) in [5.41, 5.74) is 8.67. The molecule has 21 heavy (non-hydrogen) atoms. The van der Waals surface area contributed by atoms with Gasteiger partial charge in [-0.25, -0.2) is 4.98 Å². The van der Waals surface area contributed by atoms with Gasteiger partial charge in [-0.3, -0.25) is 0 Å². The maximum Gasteiger partial charge on any atom is 0.228 e. The van der Waals surface area contributed by atoms with Gasteiger partial charge in [-0.2, -0.15) is 0 Å². The van der Waals surface area contributed by atoms with Gasteiger partial charge in [0.25, 0.3) is 0 Å². The molecule has 0 saturated carbocycles. The van der Waals surface area contributed by atoms with Crippen molar-refractivity contribution in [2.45, 2.75) is 0 Å². The highest BCUT2D eigenvalue weighted by molar-refractivity contribution is 6.33. The molecule has 0 bridgehead atoms. The van der Waals surface area contributed by atoms with E-state index in [0.29, 0.717) is 16.6 Å². The molecule has 4 aromatic rings. The highest BCUT2D eigenvalue weighted by Crippen LogP contribution is 2.33. The Hall–Kier alpha value is -2.52. The Labute approximate surface area is 126 Å². The molecule has 4 rings (SSSR count). The minimum absolute atomic E-state index is 0.506. The molecule has 0 atom stereocenters. The summed E-state index contributed by atoms with van der Waals surface area (Å²) in [6.45, 7) is 0. The molecular weight excluding hydrogens is 284 g/mol. The van der Waals surface area contributed by atoms with E-state index >= 15 is 0 Å². The van der Waals surface area contributed by atoms with Crippen LogP contribution in [0.15, 0.2) is 59.0 Å². The van der Waals surface area contributed by atoms with E-state index in [2.05, 4.69) is 11.1 Å². The Morgan fingerprint density at radius 3 is 2.71 bits per heavy atom. The Morgan fingerprint density at radius 1 is 1.00 bits per heavy atom. The molecule has 1 heterocycles. The number of nitrogen functional groups attached to an aromatic ring is 1. The molecule has 3 aromatic carbocycles. The quantitative estimate of drug-likeness (QED) is 0.509. The predicted molar refractivity (Wildman–Crippen MR) is 86.4 cm³/mol. The summed E-state index contributed by atoms with van der Waals surface area (Å²) in [6.07, 6.45) is 0. The van der Waals surface area contributed by atoms with Gasteiger partial charge in [-0.15, -0.1) is 0 Å². The van der Waals surface area contributed by atoms with Crippen LogP contribution in [0.3, 0.4) is 0 Å². The molecule has 0 fully saturated rings. The van der Waals surface area contributed by atoms with Crippen LogP contribution in [0.1, 0.15) is 0 Å². The summed E-state index contributed by atoms with van der Waals surface area (Å²) in [5, 5.41) is 2.73. The first-order chi connectivity index (χ1) is 10.2. The molecule has 0 aliphatic carbocycles. The van der Waals surface area contributed by atoms with Crippen molar-refractivity contribution in [3.05, 3.63) is 59.6 Å². The molecule has 0 unspecified atom stereocenters. The lowest BCUT2D eigenvalue weighted by molar-refractivity contribution is 0.620. The fourth-order valence-corrected chi connectivity index (χ4v) is 2.75. The normalized spacial score (nSPS) is 11.3. The van der Waals surface area contributed by atoms with Crippen LogP contribution in [0.5, 0.6) is 0 Å². The zero-order chi connectivity index (χ0) is 14.4. The van der Waals surface area contributed by atoms with E-state index in [-0.39, 0.29) is 0 Å². The van der Waals surface area contributed by atoms with Gasteiger partial charge < -0.3 is 10.2 Å². The van der Waals surface area contributed by atoms with Crippen molar-refractivity contribution in [3.8, 4) is 11.5 Å². The maximum atomic E-state index is 6.23. The van der Waals surface area contributed by atoms with E-state index in [1.165, 1.54) is 0 Å². The molecule has 0 saturated heterocycles. The van der Waals surface area contributed by atoms with Crippen LogP contribution in [-0.2, 0) is 0 Å². The van der Waals surface area contributed by atoms with Gasteiger partial charge in [-0.05, 0) is 29.7 Å². The van der Waals surface area contributed by atoms with Crippen LogP contribution in [0, 0.1) is 0 Å². The second-order valence-electron chi connectivity index (χ2n) is 4.89. The molecule has 1 aromatic heterocycles. The first-order valence-electron chi connectivity index (χ1n) is 6.56. The number of oxazole rings is 1. The van der Waals surface area contributed by atoms with Crippen LogP contribution in [0.4, 0.5) is 5.69 Å². The van der Waals surface area contributed by atoms with E-state index < -0.39 is 0 Å². The summed E-state index contributed by atoms with van der Waals surface area (Å²) in [5.74, 6) is 0.506. The monoisotopic (exact) mass is 294 g/mol. The first-order valence-corrected chi connectivity index (χ1v) is 6.94. The predicted octanol–water partition coefficient (Wildman–Crippen LogP) is 4.88. The van der Waals surface area contributed by atoms with Crippen molar-refractivity contribution >= 4 is 39.2 Å². The number of benzene rings is 3. The second-order valence-corrected chi connectivity index (χ2v) is 5.30. The van der Waals surface area contributed by atoms with Gasteiger partial charge >= 0.3 is 0 Å². The van der Waals surface area contributed by atoms with Gasteiger partial charge in [0.05, 0.1) is 10.6 Å². The molecule has 0 aliphatic rings. The number of hydrogen-bond donors (Lipinski definition) is 1. The minimum Gasteiger partial charge on any atom is -0.436 e. The molecule has 0 spiro atoms. The zero-order valence-corrected chi connectivity index (χ0v) is 11.8. The van der Waals surface area contributed by atoms with E-state index in [1.54, 1.807) is 12.1 Å². The van der Waals surface area contributed by atoms with Crippen LogP contribution in [0.25, 0.3) is 33.3 Å². The molecule has 4 heteroatoms. The second kappa shape index (κ2) is 4.50. The fourth-order valence-electron chi connectivity index (χ4n) is 2.48. The van der Waals surface area contributed by atoms with Crippen LogP contribution in [-0.4, -0.2) is 4.98 Å². The van der Waals surface area contributed by atoms with Crippen LogP contribution < -0.4 is 5.73 Å². The van der Waals surface area contributed by atoms with Gasteiger partial charge in [0, 0.05) is 11.1 Å². The van der Waals surface area contributed by atoms with Crippen molar-refractivity contribution in [1.82, 2.24) is 4.98 Å². The van der Waals surface area contributed by atoms with E-state index in [9.17, 15) is 0 Å². The molecule has 2 N–H and O–H groups in total. The third-order valence-electron chi connectivity index (χ3n) is 3.51. The summed E-state index contributed by atoms with van der Waals surface area (Å²) in [6, 6.07) is 17.4. The van der Waals surface area contributed by atoms with Gasteiger partial charge in [0.2, 0.25) is 5.89 Å². The lowest BCUT2D eigenvalue weighted by Crippen LogP contribution is -1.86. The molecule has 0 radical (unpaired) electrons. The fraction of sp³-hybridized carbons (Fsp3) is 0. The van der Waals surface area contributed by atoms with Crippen molar-refractivity contribution in [2.24, 2.45) is 0 Å². The molecule has 3 nitrogen and oxygen atoms in total. The topological polar surface area (TPSA) is 52.0 Å². The first kappa shape index (κ1) is 12.2. The van der Waals surface area contributed by atoms with Crippen LogP contribution in [0.2, 0.25) is 5.02 Å². The number of hydrogen-bond acceptors (Lipinski definition) is 3. The lowest BCUT2D eigenvalue weighted by atomic mass is 10.1. The average Bonchev–Trinajstić information content (AvgIpc) is 2.91. The molecule has 0 aliphatic heterocycles. The maximum absolute atomic E-state index is 6.23. The number of nitrogens with zero attached hydrogens (tertiary/aromatic N) is 1. The number of nitrogens with two attached hydrogens (primary N) is 1. The van der Waals surface area contributed by atoms with E-state index in [4.69, 9.17) is 21.8 Å². The summed E-state index contributed by atoms with van der Waals surface area (Å²) in [4.78, 5) is 4.61. The Morgan fingerprint density at radius 2 is 1.86 bits per heavy atom. The number of fused-ring (bicyclic) bond motifs is 3. The number of anilines is 1. The summed E-state index contributed by atoms with van der Waals surface area (Å²) < 4.78 is 5.85. The largest absolute Gasteiger partial charge is 0.436 e. The van der Waals surface area contributed by atoms with Crippen molar-refractivity contribution < 1.29 is 4.42 Å². The Balaban J connectivity index is 2.00. The minimum atomic E-state index is 0.506. The highest BCUT2D eigenvalue weighted by atomic mass is 35.5. The highest BCUT2D eigenvalue weighted by Gasteiger charge is 2.13. The van der Waals surface area contributed by atoms with Gasteiger partial charge in [-0.1, -0.05) is 41.9 Å². The molecule has 0 amide bonds. The molecular formula is C17H11ClN2O. The number of halogens is 1. The van der Waals surface area contributed by atoms with Gasteiger partial charge in [0.1, 0.15) is 5.52 Å². The SMILES string of the molecule is Nc1ccc(-c2nc3c(ccc4ccccc43)o2)c(Cl)c1. The standard InChI is InChI=1S/C17H11ClN2O/c18-14-9-11(19)6-7-13(14)17-20-16-12-4-2-1-3-10(12)5-8-15(16)21-17/h1-9H,19H2. The number of rotatable bonds is 1.